The predicted octanol–water partition coefficient (Wildman–Crippen LogP) is 1.83. The predicted molar refractivity (Wildman–Crippen MR) is 85.1 cm³/mol. The van der Waals surface area contributed by atoms with Gasteiger partial charge in [0.05, 0.1) is 0 Å². The molecule has 22 heavy (non-hydrogen) atoms. The molecule has 2 rings (SSSR count). The molecule has 1 aliphatic rings. The molecule has 0 spiro atoms. The van der Waals surface area contributed by atoms with E-state index < -0.39 is 16.0 Å². The minimum atomic E-state index is -3.62. The van der Waals surface area contributed by atoms with Crippen LogP contribution in [0.2, 0.25) is 5.02 Å². The zero-order valence-corrected chi connectivity index (χ0v) is 14.1. The molecule has 2 N–H and O–H groups in total. The van der Waals surface area contributed by atoms with Crippen LogP contribution in [0.3, 0.4) is 0 Å². The van der Waals surface area contributed by atoms with Crippen LogP contribution >= 0.6 is 11.6 Å². The fraction of sp³-hybridized carbons (Fsp3) is 0.571. The van der Waals surface area contributed by atoms with Crippen LogP contribution in [-0.2, 0) is 16.8 Å². The van der Waals surface area contributed by atoms with Crippen molar-refractivity contribution >= 4 is 21.8 Å². The molecule has 1 aromatic carbocycles. The molecule has 0 bridgehead atoms. The van der Waals surface area contributed by atoms with Gasteiger partial charge >= 0.3 is 0 Å². The van der Waals surface area contributed by atoms with E-state index in [1.165, 1.54) is 23.5 Å². The molecule has 0 unspecified atom stereocenters. The van der Waals surface area contributed by atoms with Crippen LogP contribution in [0.25, 0.3) is 0 Å². The molecule has 0 amide bonds. The number of piperidine rings is 1. The molecule has 1 heterocycles. The lowest BCUT2D eigenvalue weighted by molar-refractivity contribution is 0.261. The van der Waals surface area contributed by atoms with Gasteiger partial charge in [-0.2, -0.15) is 17.0 Å². The van der Waals surface area contributed by atoms with Crippen molar-refractivity contribution < 1.29 is 12.8 Å². The van der Waals surface area contributed by atoms with Gasteiger partial charge in [-0.15, -0.1) is 0 Å². The van der Waals surface area contributed by atoms with Crippen molar-refractivity contribution in [3.63, 3.8) is 0 Å². The van der Waals surface area contributed by atoms with Gasteiger partial charge in [0.15, 0.2) is 0 Å². The summed E-state index contributed by atoms with van der Waals surface area (Å²) in [5, 5.41) is 0.226. The van der Waals surface area contributed by atoms with Gasteiger partial charge in [0.1, 0.15) is 5.82 Å². The number of hydrogen-bond acceptors (Lipinski definition) is 3. The average molecular weight is 350 g/mol. The lowest BCUT2D eigenvalue weighted by Crippen LogP contribution is -2.46. The van der Waals surface area contributed by atoms with Crippen LogP contribution in [0.1, 0.15) is 18.4 Å². The molecule has 8 heteroatoms. The van der Waals surface area contributed by atoms with Gasteiger partial charge in [-0.1, -0.05) is 17.7 Å². The minimum absolute atomic E-state index is 0.0926. The second-order valence-corrected chi connectivity index (χ2v) is 7.98. The van der Waals surface area contributed by atoms with E-state index in [0.29, 0.717) is 25.6 Å². The maximum Gasteiger partial charge on any atom is 0.282 e. The highest BCUT2D eigenvalue weighted by molar-refractivity contribution is 7.86. The Morgan fingerprint density at radius 1 is 1.41 bits per heavy atom. The van der Waals surface area contributed by atoms with Crippen molar-refractivity contribution in [3.8, 4) is 0 Å². The quantitative estimate of drug-likeness (QED) is 0.881. The Balaban J connectivity index is 2.10. The largest absolute Gasteiger partial charge is 0.330 e. The molecular formula is C14H21ClFN3O2S. The number of hydrogen-bond donors (Lipinski definition) is 1. The number of nitrogens with two attached hydrogens (primary N) is 1. The summed E-state index contributed by atoms with van der Waals surface area (Å²) in [4.78, 5) is 0. The molecule has 0 radical (unpaired) electrons. The van der Waals surface area contributed by atoms with E-state index in [0.717, 1.165) is 17.1 Å². The Labute approximate surface area is 136 Å². The second-order valence-electron chi connectivity index (χ2n) is 5.54. The number of halogens is 2. The Kier molecular flexibility index (Phi) is 5.79. The third kappa shape index (κ3) is 3.78. The van der Waals surface area contributed by atoms with Gasteiger partial charge in [0, 0.05) is 37.3 Å². The highest BCUT2D eigenvalue weighted by atomic mass is 35.5. The highest BCUT2D eigenvalue weighted by Gasteiger charge is 2.31. The van der Waals surface area contributed by atoms with Crippen molar-refractivity contribution in [2.45, 2.75) is 19.4 Å². The summed E-state index contributed by atoms with van der Waals surface area (Å²) in [6.07, 6.45) is 1.51. The summed E-state index contributed by atoms with van der Waals surface area (Å²) < 4.78 is 41.5. The summed E-state index contributed by atoms with van der Waals surface area (Å²) in [7, 11) is -2.19. The highest BCUT2D eigenvalue weighted by Crippen LogP contribution is 2.24. The maximum atomic E-state index is 13.8. The van der Waals surface area contributed by atoms with E-state index in [1.54, 1.807) is 6.07 Å². The summed E-state index contributed by atoms with van der Waals surface area (Å²) in [6, 6.07) is 4.31. The Morgan fingerprint density at radius 3 is 2.59 bits per heavy atom. The van der Waals surface area contributed by atoms with Gasteiger partial charge in [-0.25, -0.2) is 4.39 Å². The normalized spacial score (nSPS) is 18.0. The van der Waals surface area contributed by atoms with Crippen LogP contribution in [0, 0.1) is 11.7 Å². The lowest BCUT2D eigenvalue weighted by atomic mass is 9.99. The van der Waals surface area contributed by atoms with Gasteiger partial charge in [-0.05, 0) is 37.4 Å². The molecule has 1 aliphatic heterocycles. The molecule has 0 atom stereocenters. The Bertz CT molecular complexity index is 598. The van der Waals surface area contributed by atoms with Crippen LogP contribution in [0.15, 0.2) is 18.2 Å². The third-order valence-electron chi connectivity index (χ3n) is 4.07. The van der Waals surface area contributed by atoms with Gasteiger partial charge in [0.25, 0.3) is 10.2 Å². The standard InChI is InChI=1S/C14H21ClFN3O2S/c1-18(10-12-13(15)3-2-4-14(12)16)22(20,21)19-7-5-11(9-17)6-8-19/h2-4,11H,5-10,17H2,1H3. The van der Waals surface area contributed by atoms with Gasteiger partial charge in [-0.3, -0.25) is 0 Å². The van der Waals surface area contributed by atoms with E-state index in [9.17, 15) is 12.8 Å². The van der Waals surface area contributed by atoms with Gasteiger partial charge in [0.2, 0.25) is 0 Å². The van der Waals surface area contributed by atoms with Crippen LogP contribution < -0.4 is 5.73 Å². The molecule has 5 nitrogen and oxygen atoms in total. The van der Waals surface area contributed by atoms with Crippen molar-refractivity contribution in [3.05, 3.63) is 34.6 Å². The first-order valence-electron chi connectivity index (χ1n) is 7.20. The zero-order chi connectivity index (χ0) is 16.3. The molecule has 0 aromatic heterocycles. The zero-order valence-electron chi connectivity index (χ0n) is 12.5. The smallest absolute Gasteiger partial charge is 0.282 e. The van der Waals surface area contributed by atoms with E-state index in [4.69, 9.17) is 17.3 Å². The van der Waals surface area contributed by atoms with Crippen LogP contribution in [0.4, 0.5) is 4.39 Å². The van der Waals surface area contributed by atoms with E-state index >= 15 is 0 Å². The first-order valence-corrected chi connectivity index (χ1v) is 8.98. The van der Waals surface area contributed by atoms with E-state index in [1.807, 2.05) is 0 Å². The molecule has 0 aliphatic carbocycles. The fourth-order valence-corrected chi connectivity index (χ4v) is 4.14. The topological polar surface area (TPSA) is 66.6 Å². The molecule has 0 saturated carbocycles. The maximum absolute atomic E-state index is 13.8. The summed E-state index contributed by atoms with van der Waals surface area (Å²) in [6.45, 7) is 1.37. The Hall–Kier alpha value is -0.730. The SMILES string of the molecule is CN(Cc1c(F)cccc1Cl)S(=O)(=O)N1CCC(CN)CC1. The van der Waals surface area contributed by atoms with E-state index in [-0.39, 0.29) is 17.1 Å². The number of rotatable bonds is 5. The summed E-state index contributed by atoms with van der Waals surface area (Å²) in [5.41, 5.74) is 5.81. The van der Waals surface area contributed by atoms with Crippen molar-refractivity contribution in [1.82, 2.24) is 8.61 Å². The fourth-order valence-electron chi connectivity index (χ4n) is 2.56. The van der Waals surface area contributed by atoms with Crippen molar-refractivity contribution in [2.24, 2.45) is 11.7 Å². The first-order chi connectivity index (χ1) is 10.4. The molecule has 1 fully saturated rings. The van der Waals surface area contributed by atoms with Crippen molar-refractivity contribution in [2.75, 3.05) is 26.7 Å². The molecule has 1 aromatic rings. The monoisotopic (exact) mass is 349 g/mol. The average Bonchev–Trinajstić information content (AvgIpc) is 2.51. The Morgan fingerprint density at radius 2 is 2.05 bits per heavy atom. The van der Waals surface area contributed by atoms with E-state index in [2.05, 4.69) is 0 Å². The summed E-state index contributed by atoms with van der Waals surface area (Å²) >= 11 is 5.96. The minimum Gasteiger partial charge on any atom is -0.330 e. The van der Waals surface area contributed by atoms with Crippen molar-refractivity contribution in [1.29, 1.82) is 0 Å². The third-order valence-corrected chi connectivity index (χ3v) is 6.36. The van der Waals surface area contributed by atoms with Gasteiger partial charge < -0.3 is 5.73 Å². The number of benzene rings is 1. The summed E-state index contributed by atoms with van der Waals surface area (Å²) in [5.74, 6) is -0.130. The lowest BCUT2D eigenvalue weighted by Gasteiger charge is -2.33. The van der Waals surface area contributed by atoms with Crippen LogP contribution in [0.5, 0.6) is 0 Å². The first kappa shape index (κ1) is 17.6. The molecular weight excluding hydrogens is 329 g/mol. The molecule has 124 valence electrons. The number of nitrogens with zero attached hydrogens (tertiary/aromatic N) is 2. The molecule has 1 saturated heterocycles. The second kappa shape index (κ2) is 7.23. The van der Waals surface area contributed by atoms with Crippen LogP contribution in [-0.4, -0.2) is 43.7 Å².